The van der Waals surface area contributed by atoms with Crippen LogP contribution in [0, 0.1) is 5.41 Å². The third kappa shape index (κ3) is 5.41. The maximum atomic E-state index is 13.5. The highest BCUT2D eigenvalue weighted by atomic mass is 16.6. The van der Waals surface area contributed by atoms with Crippen LogP contribution in [0.15, 0.2) is 72.2 Å². The number of carbonyl (C=O) groups excluding carboxylic acids is 3. The predicted molar refractivity (Wildman–Crippen MR) is 129 cm³/mol. The summed E-state index contributed by atoms with van der Waals surface area (Å²) in [6.45, 7) is 0.980. The lowest BCUT2D eigenvalue weighted by Crippen LogP contribution is -2.46. The van der Waals surface area contributed by atoms with E-state index in [1.807, 2.05) is 0 Å². The molecule has 2 aromatic carbocycles. The van der Waals surface area contributed by atoms with Crippen molar-refractivity contribution in [3.8, 4) is 11.5 Å². The standard InChI is InChI=1S/C27H28O9/c1-27(22(28)16-35-25(29)17-9-7-6-8-10-17)23(34-5)14-19(32-3)15-24(27)36-26(30)20-12-11-18(31-2)13-21(20)33-4/h6-15,23H,16H2,1-5H3. The molecule has 2 unspecified atom stereocenters. The average molecular weight is 497 g/mol. The van der Waals surface area contributed by atoms with E-state index in [4.69, 9.17) is 28.4 Å². The number of methoxy groups -OCH3 is 4. The van der Waals surface area contributed by atoms with Crippen molar-refractivity contribution in [1.29, 1.82) is 0 Å². The van der Waals surface area contributed by atoms with Crippen LogP contribution in [0.5, 0.6) is 11.5 Å². The van der Waals surface area contributed by atoms with Gasteiger partial charge < -0.3 is 28.4 Å². The SMILES string of the molecule is COC1=CC(OC)C(C)(C(=O)COC(=O)c2ccccc2)C(OC(=O)c2ccc(OC)cc2OC)=C1. The summed E-state index contributed by atoms with van der Waals surface area (Å²) in [4.78, 5) is 39.0. The Morgan fingerprint density at radius 2 is 1.61 bits per heavy atom. The maximum Gasteiger partial charge on any atom is 0.347 e. The van der Waals surface area contributed by atoms with Gasteiger partial charge in [0.25, 0.3) is 0 Å². The minimum absolute atomic E-state index is 0.0302. The van der Waals surface area contributed by atoms with Gasteiger partial charge in [0, 0.05) is 19.3 Å². The molecule has 0 saturated heterocycles. The first-order valence-electron chi connectivity index (χ1n) is 11.0. The average Bonchev–Trinajstić information content (AvgIpc) is 2.92. The fourth-order valence-corrected chi connectivity index (χ4v) is 3.71. The molecule has 0 spiro atoms. The quantitative estimate of drug-likeness (QED) is 0.455. The van der Waals surface area contributed by atoms with Crippen molar-refractivity contribution in [3.05, 3.63) is 83.3 Å². The van der Waals surface area contributed by atoms with Crippen molar-refractivity contribution in [2.24, 2.45) is 5.41 Å². The molecule has 36 heavy (non-hydrogen) atoms. The Kier molecular flexibility index (Phi) is 8.50. The zero-order valence-electron chi connectivity index (χ0n) is 20.7. The summed E-state index contributed by atoms with van der Waals surface area (Å²) >= 11 is 0. The predicted octanol–water partition coefficient (Wildman–Crippen LogP) is 3.74. The van der Waals surface area contributed by atoms with Gasteiger partial charge in [-0.25, -0.2) is 9.59 Å². The highest BCUT2D eigenvalue weighted by Gasteiger charge is 2.49. The molecule has 0 bridgehead atoms. The molecule has 0 aromatic heterocycles. The van der Waals surface area contributed by atoms with Crippen LogP contribution in [-0.4, -0.2) is 58.9 Å². The molecule has 0 radical (unpaired) electrons. The zero-order valence-corrected chi connectivity index (χ0v) is 20.7. The largest absolute Gasteiger partial charge is 0.497 e. The Morgan fingerprint density at radius 3 is 2.22 bits per heavy atom. The van der Waals surface area contributed by atoms with E-state index >= 15 is 0 Å². The molecule has 0 heterocycles. The first-order chi connectivity index (χ1) is 17.3. The Bertz CT molecular complexity index is 1180. The van der Waals surface area contributed by atoms with Crippen LogP contribution >= 0.6 is 0 Å². The number of ether oxygens (including phenoxy) is 6. The van der Waals surface area contributed by atoms with Gasteiger partial charge in [-0.05, 0) is 37.3 Å². The van der Waals surface area contributed by atoms with Gasteiger partial charge >= 0.3 is 11.9 Å². The number of hydrogen-bond donors (Lipinski definition) is 0. The minimum Gasteiger partial charge on any atom is -0.497 e. The molecule has 1 aliphatic rings. The fourth-order valence-electron chi connectivity index (χ4n) is 3.71. The van der Waals surface area contributed by atoms with Crippen molar-refractivity contribution in [1.82, 2.24) is 0 Å². The summed E-state index contributed by atoms with van der Waals surface area (Å²) in [5.41, 5.74) is -1.09. The monoisotopic (exact) mass is 496 g/mol. The fraction of sp³-hybridized carbons (Fsp3) is 0.296. The topological polar surface area (TPSA) is 107 Å². The van der Waals surface area contributed by atoms with E-state index < -0.39 is 35.8 Å². The van der Waals surface area contributed by atoms with Gasteiger partial charge in [-0.1, -0.05) is 18.2 Å². The number of benzene rings is 2. The highest BCUT2D eigenvalue weighted by molar-refractivity contribution is 5.97. The van der Waals surface area contributed by atoms with Gasteiger partial charge in [-0.2, -0.15) is 0 Å². The van der Waals surface area contributed by atoms with Crippen LogP contribution < -0.4 is 9.47 Å². The van der Waals surface area contributed by atoms with Gasteiger partial charge in [0.1, 0.15) is 34.0 Å². The van der Waals surface area contributed by atoms with Crippen LogP contribution in [0.3, 0.4) is 0 Å². The molecule has 9 nitrogen and oxygen atoms in total. The van der Waals surface area contributed by atoms with E-state index in [-0.39, 0.29) is 17.1 Å². The molecular formula is C27H28O9. The van der Waals surface area contributed by atoms with Crippen molar-refractivity contribution in [2.45, 2.75) is 13.0 Å². The van der Waals surface area contributed by atoms with Crippen molar-refractivity contribution >= 4 is 17.7 Å². The van der Waals surface area contributed by atoms with Crippen LogP contribution in [-0.2, 0) is 23.7 Å². The van der Waals surface area contributed by atoms with Gasteiger partial charge in [-0.3, -0.25) is 4.79 Å². The number of allylic oxidation sites excluding steroid dienone is 1. The van der Waals surface area contributed by atoms with Crippen molar-refractivity contribution in [2.75, 3.05) is 35.0 Å². The zero-order chi connectivity index (χ0) is 26.3. The number of esters is 2. The molecule has 0 saturated carbocycles. The number of rotatable bonds is 10. The lowest BCUT2D eigenvalue weighted by molar-refractivity contribution is -0.136. The Balaban J connectivity index is 1.90. The van der Waals surface area contributed by atoms with Gasteiger partial charge in [0.05, 0.1) is 33.0 Å². The molecule has 0 amide bonds. The second-order valence-electron chi connectivity index (χ2n) is 7.96. The smallest absolute Gasteiger partial charge is 0.347 e. The lowest BCUT2D eigenvalue weighted by Gasteiger charge is -2.37. The summed E-state index contributed by atoms with van der Waals surface area (Å²) in [6.07, 6.45) is 2.14. The third-order valence-corrected chi connectivity index (χ3v) is 5.91. The second kappa shape index (κ2) is 11.5. The number of hydrogen-bond acceptors (Lipinski definition) is 9. The molecule has 0 N–H and O–H groups in total. The molecule has 3 rings (SSSR count). The molecule has 9 heteroatoms. The Labute approximate surface area is 209 Å². The van der Waals surface area contributed by atoms with E-state index in [1.54, 1.807) is 49.4 Å². The Morgan fingerprint density at radius 1 is 0.889 bits per heavy atom. The lowest BCUT2D eigenvalue weighted by atomic mass is 9.75. The van der Waals surface area contributed by atoms with Crippen molar-refractivity contribution in [3.63, 3.8) is 0 Å². The third-order valence-electron chi connectivity index (χ3n) is 5.91. The van der Waals surface area contributed by atoms with Gasteiger partial charge in [0.2, 0.25) is 0 Å². The summed E-state index contributed by atoms with van der Waals surface area (Å²) in [6, 6.07) is 12.9. The minimum atomic E-state index is -1.51. The number of Topliss-reactive ketones (excluding diaryl/α,β-unsaturated/α-hetero) is 1. The van der Waals surface area contributed by atoms with E-state index in [9.17, 15) is 14.4 Å². The van der Waals surface area contributed by atoms with E-state index in [1.165, 1.54) is 46.6 Å². The molecule has 190 valence electrons. The normalized spacial score (nSPS) is 18.9. The van der Waals surface area contributed by atoms with E-state index in [0.29, 0.717) is 17.1 Å². The van der Waals surface area contributed by atoms with Crippen LogP contribution in [0.2, 0.25) is 0 Å². The molecule has 0 aliphatic heterocycles. The van der Waals surface area contributed by atoms with E-state index in [2.05, 4.69) is 0 Å². The number of ketones is 1. The summed E-state index contributed by atoms with van der Waals surface area (Å²) < 4.78 is 32.3. The van der Waals surface area contributed by atoms with E-state index in [0.717, 1.165) is 0 Å². The Hall–Kier alpha value is -4.11. The van der Waals surface area contributed by atoms with Crippen LogP contribution in [0.4, 0.5) is 0 Å². The second-order valence-corrected chi connectivity index (χ2v) is 7.96. The number of carbonyl (C=O) groups is 3. The molecule has 2 aromatic rings. The van der Waals surface area contributed by atoms with Gasteiger partial charge in [-0.15, -0.1) is 0 Å². The first-order valence-corrected chi connectivity index (χ1v) is 11.0. The summed E-state index contributed by atoms with van der Waals surface area (Å²) in [7, 11) is 5.75. The summed E-state index contributed by atoms with van der Waals surface area (Å²) in [5, 5.41) is 0. The summed E-state index contributed by atoms with van der Waals surface area (Å²) in [5.74, 6) is -0.943. The highest BCUT2D eigenvalue weighted by Crippen LogP contribution is 2.41. The van der Waals surface area contributed by atoms with Crippen LogP contribution in [0.1, 0.15) is 27.6 Å². The molecule has 1 aliphatic carbocycles. The van der Waals surface area contributed by atoms with Gasteiger partial charge in [0.15, 0.2) is 12.4 Å². The molecule has 0 fully saturated rings. The van der Waals surface area contributed by atoms with Crippen LogP contribution in [0.25, 0.3) is 0 Å². The maximum absolute atomic E-state index is 13.5. The molecule has 2 atom stereocenters. The van der Waals surface area contributed by atoms with Crippen molar-refractivity contribution < 1.29 is 42.8 Å². The molecular weight excluding hydrogens is 468 g/mol. The first kappa shape index (κ1) is 26.5.